The molecule has 1 atom stereocenters. The molecule has 2 heterocycles. The number of carbonyl (C=O) groups is 1. The highest BCUT2D eigenvalue weighted by atomic mass is 32.1. The Balaban J connectivity index is 1.57. The van der Waals surface area contributed by atoms with Crippen LogP contribution < -0.4 is 11.2 Å². The summed E-state index contributed by atoms with van der Waals surface area (Å²) in [4.78, 5) is 41.2. The summed E-state index contributed by atoms with van der Waals surface area (Å²) in [6, 6.07) is 8.42. The second-order valence-corrected chi connectivity index (χ2v) is 9.22. The lowest BCUT2D eigenvalue weighted by molar-refractivity contribution is -0.141. The van der Waals surface area contributed by atoms with Gasteiger partial charge in [-0.05, 0) is 79.0 Å². The third-order valence-electron chi connectivity index (χ3n) is 5.95. The van der Waals surface area contributed by atoms with Crippen LogP contribution in [-0.4, -0.2) is 25.0 Å². The van der Waals surface area contributed by atoms with Crippen molar-refractivity contribution in [2.75, 3.05) is 0 Å². The van der Waals surface area contributed by atoms with E-state index in [0.29, 0.717) is 30.2 Å². The van der Waals surface area contributed by atoms with Crippen LogP contribution in [0.25, 0.3) is 21.8 Å². The fraction of sp³-hybridized carbons (Fsp3) is 0.304. The van der Waals surface area contributed by atoms with Crippen LogP contribution in [0.15, 0.2) is 39.9 Å². The Labute approximate surface area is 181 Å². The average Bonchev–Trinajstić information content (AvgIpc) is 3.45. The zero-order valence-corrected chi connectivity index (χ0v) is 18.0. The summed E-state index contributed by atoms with van der Waals surface area (Å²) in [5, 5.41) is 11.0. The number of carboxylic acids is 1. The zero-order chi connectivity index (χ0) is 21.9. The second kappa shape index (κ2) is 7.16. The second-order valence-electron chi connectivity index (χ2n) is 8.36. The van der Waals surface area contributed by atoms with Gasteiger partial charge in [-0.15, -0.1) is 0 Å². The molecule has 0 bridgehead atoms. The van der Waals surface area contributed by atoms with Gasteiger partial charge in [0, 0.05) is 16.7 Å². The highest BCUT2D eigenvalue weighted by Gasteiger charge is 2.39. The normalized spacial score (nSPS) is 14.9. The Bertz CT molecular complexity index is 1480. The van der Waals surface area contributed by atoms with Crippen LogP contribution in [0.5, 0.6) is 0 Å². The van der Waals surface area contributed by atoms with Gasteiger partial charge in [-0.3, -0.25) is 4.79 Å². The summed E-state index contributed by atoms with van der Waals surface area (Å²) in [5.41, 5.74) is 3.47. The minimum Gasteiger partial charge on any atom is -0.480 e. The molecule has 1 fully saturated rings. The van der Waals surface area contributed by atoms with Gasteiger partial charge in [0.15, 0.2) is 0 Å². The summed E-state index contributed by atoms with van der Waals surface area (Å²) < 4.78 is 5.44. The van der Waals surface area contributed by atoms with Gasteiger partial charge in [-0.1, -0.05) is 12.1 Å². The van der Waals surface area contributed by atoms with Crippen molar-refractivity contribution < 1.29 is 9.90 Å². The van der Waals surface area contributed by atoms with Gasteiger partial charge in [0.05, 0.1) is 16.4 Å². The molecule has 8 heteroatoms. The zero-order valence-electron chi connectivity index (χ0n) is 17.1. The van der Waals surface area contributed by atoms with Gasteiger partial charge >= 0.3 is 11.7 Å². The fourth-order valence-corrected chi connectivity index (χ4v) is 5.35. The minimum absolute atomic E-state index is 0.167. The number of nitrogens with zero attached hydrogens (tertiary/aromatic N) is 2. The number of nitrogens with one attached hydrogen (secondary N) is 1. The van der Waals surface area contributed by atoms with Gasteiger partial charge in [0.2, 0.25) is 0 Å². The molecule has 0 saturated heterocycles. The third-order valence-corrected chi connectivity index (χ3v) is 6.81. The van der Waals surface area contributed by atoms with E-state index in [9.17, 15) is 19.5 Å². The SMILES string of the molecule is Cc1cc(C)c2c(Cc3ccc4c(=O)n([C@@H](C(=O)O)C5CC5)c(=O)[nH]c4c3)snc2c1. The first-order chi connectivity index (χ1) is 14.8. The number of aromatic nitrogens is 3. The van der Waals surface area contributed by atoms with Crippen LogP contribution in [0.4, 0.5) is 0 Å². The Morgan fingerprint density at radius 2 is 2.03 bits per heavy atom. The third kappa shape index (κ3) is 3.37. The molecule has 0 radical (unpaired) electrons. The van der Waals surface area contributed by atoms with E-state index >= 15 is 0 Å². The van der Waals surface area contributed by atoms with Gasteiger partial charge in [0.1, 0.15) is 6.04 Å². The smallest absolute Gasteiger partial charge is 0.329 e. The lowest BCUT2D eigenvalue weighted by Crippen LogP contribution is -2.41. The lowest BCUT2D eigenvalue weighted by Gasteiger charge is -2.14. The monoisotopic (exact) mass is 435 g/mol. The number of hydrogen-bond donors (Lipinski definition) is 2. The molecule has 0 spiro atoms. The number of H-pyrrole nitrogens is 1. The molecule has 7 nitrogen and oxygen atoms in total. The molecule has 5 rings (SSSR count). The van der Waals surface area contributed by atoms with E-state index in [4.69, 9.17) is 0 Å². The molecule has 1 saturated carbocycles. The molecule has 0 amide bonds. The molecular formula is C23H21N3O4S. The minimum atomic E-state index is -1.14. The molecule has 1 aliphatic carbocycles. The Kier molecular flexibility index (Phi) is 4.55. The predicted molar refractivity (Wildman–Crippen MR) is 120 cm³/mol. The van der Waals surface area contributed by atoms with Crippen molar-refractivity contribution in [2.45, 2.75) is 39.2 Å². The van der Waals surface area contributed by atoms with Gasteiger partial charge in [-0.2, -0.15) is 4.37 Å². The fourth-order valence-electron chi connectivity index (χ4n) is 4.41. The molecule has 2 N–H and O–H groups in total. The van der Waals surface area contributed by atoms with E-state index < -0.39 is 23.3 Å². The maximum absolute atomic E-state index is 13.0. The standard InChI is InChI=1S/C23H21N3O4S/c1-11-7-12(2)19-17(8-11)25-31-18(19)10-13-3-6-15-16(9-13)24-23(30)26(21(15)27)20(22(28)29)14-4-5-14/h3,6-9,14,20H,4-5,10H2,1-2H3,(H,24,30)(H,28,29)/t20-/m1/s1. The maximum Gasteiger partial charge on any atom is 0.329 e. The van der Waals surface area contributed by atoms with Gasteiger partial charge in [0.25, 0.3) is 5.56 Å². The summed E-state index contributed by atoms with van der Waals surface area (Å²) in [7, 11) is 0. The Morgan fingerprint density at radius 1 is 1.26 bits per heavy atom. The molecule has 0 unspecified atom stereocenters. The topological polar surface area (TPSA) is 105 Å². The molecule has 31 heavy (non-hydrogen) atoms. The first-order valence-electron chi connectivity index (χ1n) is 10.2. The summed E-state index contributed by atoms with van der Waals surface area (Å²) >= 11 is 1.46. The van der Waals surface area contributed by atoms with E-state index in [2.05, 4.69) is 35.3 Å². The summed E-state index contributed by atoms with van der Waals surface area (Å²) in [5.74, 6) is -1.31. The predicted octanol–water partition coefficient (Wildman–Crippen LogP) is 3.54. The molecule has 2 aromatic heterocycles. The largest absolute Gasteiger partial charge is 0.480 e. The van der Waals surface area contributed by atoms with Gasteiger partial charge in [-0.25, -0.2) is 14.2 Å². The lowest BCUT2D eigenvalue weighted by atomic mass is 10.0. The number of benzene rings is 2. The number of aryl methyl sites for hydroxylation is 2. The first-order valence-corrected chi connectivity index (χ1v) is 11.0. The molecule has 0 aliphatic heterocycles. The van der Waals surface area contributed by atoms with E-state index in [1.165, 1.54) is 22.7 Å². The van der Waals surface area contributed by atoms with Crippen LogP contribution >= 0.6 is 11.5 Å². The van der Waals surface area contributed by atoms with Gasteiger partial charge < -0.3 is 10.1 Å². The van der Waals surface area contributed by atoms with Crippen LogP contribution in [0.3, 0.4) is 0 Å². The van der Waals surface area contributed by atoms with Crippen molar-refractivity contribution in [1.82, 2.24) is 13.9 Å². The Morgan fingerprint density at radius 3 is 2.74 bits per heavy atom. The molecule has 4 aromatic rings. The maximum atomic E-state index is 13.0. The molecular weight excluding hydrogens is 414 g/mol. The van der Waals surface area contributed by atoms with E-state index in [1.54, 1.807) is 12.1 Å². The molecule has 1 aliphatic rings. The molecule has 158 valence electrons. The number of fused-ring (bicyclic) bond motifs is 2. The number of aliphatic carboxylic acids is 1. The van der Waals surface area contributed by atoms with Crippen molar-refractivity contribution in [1.29, 1.82) is 0 Å². The van der Waals surface area contributed by atoms with Crippen molar-refractivity contribution in [3.8, 4) is 0 Å². The molecule has 2 aromatic carbocycles. The van der Waals surface area contributed by atoms with Crippen molar-refractivity contribution in [3.63, 3.8) is 0 Å². The quantitative estimate of drug-likeness (QED) is 0.499. The van der Waals surface area contributed by atoms with Crippen molar-refractivity contribution >= 4 is 39.3 Å². The number of carboxylic acid groups (broad SMARTS) is 1. The van der Waals surface area contributed by atoms with Crippen molar-refractivity contribution in [2.24, 2.45) is 5.92 Å². The number of rotatable bonds is 5. The van der Waals surface area contributed by atoms with E-state index in [-0.39, 0.29) is 5.92 Å². The van der Waals surface area contributed by atoms with Crippen LogP contribution in [0.2, 0.25) is 0 Å². The van der Waals surface area contributed by atoms with Crippen LogP contribution in [-0.2, 0) is 11.2 Å². The summed E-state index contributed by atoms with van der Waals surface area (Å²) in [6.45, 7) is 4.13. The van der Waals surface area contributed by atoms with Crippen LogP contribution in [0.1, 0.15) is 40.5 Å². The van der Waals surface area contributed by atoms with Crippen molar-refractivity contribution in [3.05, 3.63) is 72.7 Å². The Hall–Kier alpha value is -3.26. The van der Waals surface area contributed by atoms with Crippen LogP contribution in [0, 0.1) is 19.8 Å². The highest BCUT2D eigenvalue weighted by molar-refractivity contribution is 7.07. The summed E-state index contributed by atoms with van der Waals surface area (Å²) in [6.07, 6.45) is 2.05. The highest BCUT2D eigenvalue weighted by Crippen LogP contribution is 2.39. The number of hydrogen-bond acceptors (Lipinski definition) is 5. The van der Waals surface area contributed by atoms with E-state index in [0.717, 1.165) is 25.9 Å². The average molecular weight is 436 g/mol. The number of aromatic amines is 1. The van der Waals surface area contributed by atoms with E-state index in [1.807, 2.05) is 6.07 Å². The first kappa shape index (κ1) is 19.7.